The molecule has 0 aliphatic heterocycles. The van der Waals surface area contributed by atoms with Gasteiger partial charge in [-0.3, -0.25) is 4.57 Å². The summed E-state index contributed by atoms with van der Waals surface area (Å²) in [7, 11) is -2.14. The van der Waals surface area contributed by atoms with Crippen molar-refractivity contribution in [2.45, 2.75) is 31.2 Å². The molecule has 0 radical (unpaired) electrons. The second kappa shape index (κ2) is 6.50. The molecule has 0 aliphatic carbocycles. The lowest BCUT2D eigenvalue weighted by Gasteiger charge is -2.13. The maximum Gasteiger partial charge on any atom is 0.419 e. The molecule has 0 amide bonds. The zero-order valence-corrected chi connectivity index (χ0v) is 15.1. The van der Waals surface area contributed by atoms with E-state index in [-0.39, 0.29) is 17.0 Å². The van der Waals surface area contributed by atoms with E-state index in [1.54, 1.807) is 13.1 Å². The lowest BCUT2D eigenvalue weighted by Crippen LogP contribution is -2.24. The first kappa shape index (κ1) is 17.4. The van der Waals surface area contributed by atoms with E-state index in [0.717, 1.165) is 11.1 Å². The van der Waals surface area contributed by atoms with Crippen molar-refractivity contribution in [2.24, 2.45) is 7.05 Å². The van der Waals surface area contributed by atoms with Gasteiger partial charge < -0.3 is 4.42 Å². The minimum absolute atomic E-state index is 0.0661. The quantitative estimate of drug-likeness (QED) is 0.758. The Morgan fingerprint density at radius 1 is 1.16 bits per heavy atom. The van der Waals surface area contributed by atoms with Crippen molar-refractivity contribution in [1.29, 1.82) is 0 Å². The van der Waals surface area contributed by atoms with E-state index >= 15 is 0 Å². The standard InChI is InChI=1S/C18H20N2O4S/c1-12(2)15-7-5-4-6-13(15)11-19-25(22,23)14-8-9-16-17(10-14)24-18(21)20(16)3/h4-10,12,19H,11H2,1-3H3. The molecule has 7 heteroatoms. The molecule has 0 aliphatic rings. The highest BCUT2D eigenvalue weighted by Crippen LogP contribution is 2.21. The van der Waals surface area contributed by atoms with Crippen LogP contribution in [0, 0.1) is 0 Å². The molecule has 0 unspecified atom stereocenters. The van der Waals surface area contributed by atoms with Gasteiger partial charge >= 0.3 is 5.76 Å². The second-order valence-corrected chi connectivity index (χ2v) is 8.00. The summed E-state index contributed by atoms with van der Waals surface area (Å²) >= 11 is 0. The van der Waals surface area contributed by atoms with Crippen molar-refractivity contribution < 1.29 is 12.8 Å². The number of sulfonamides is 1. The van der Waals surface area contributed by atoms with E-state index in [1.165, 1.54) is 16.7 Å². The molecule has 2 aromatic carbocycles. The van der Waals surface area contributed by atoms with Crippen LogP contribution in [0.25, 0.3) is 11.1 Å². The van der Waals surface area contributed by atoms with Crippen LogP contribution in [0.5, 0.6) is 0 Å². The fraction of sp³-hybridized carbons (Fsp3) is 0.278. The Hall–Kier alpha value is -2.38. The predicted octanol–water partition coefficient (Wildman–Crippen LogP) is 2.73. The highest BCUT2D eigenvalue weighted by Gasteiger charge is 2.17. The van der Waals surface area contributed by atoms with Gasteiger partial charge in [-0.15, -0.1) is 0 Å². The van der Waals surface area contributed by atoms with Gasteiger partial charge in [0.05, 0.1) is 10.4 Å². The first-order valence-corrected chi connectivity index (χ1v) is 9.45. The normalized spacial score (nSPS) is 12.2. The highest BCUT2D eigenvalue weighted by molar-refractivity contribution is 7.89. The molecule has 0 atom stereocenters. The molecule has 0 bridgehead atoms. The first-order valence-electron chi connectivity index (χ1n) is 7.96. The van der Waals surface area contributed by atoms with Gasteiger partial charge in [0.2, 0.25) is 10.0 Å². The summed E-state index contributed by atoms with van der Waals surface area (Å²) in [6.45, 7) is 4.34. The van der Waals surface area contributed by atoms with Crippen LogP contribution in [0.2, 0.25) is 0 Å². The van der Waals surface area contributed by atoms with E-state index in [2.05, 4.69) is 18.6 Å². The van der Waals surface area contributed by atoms with Gasteiger partial charge in [-0.25, -0.2) is 17.9 Å². The molecule has 132 valence electrons. The van der Waals surface area contributed by atoms with Crippen LogP contribution < -0.4 is 10.5 Å². The summed E-state index contributed by atoms with van der Waals surface area (Å²) in [6.07, 6.45) is 0. The average molecular weight is 360 g/mol. The van der Waals surface area contributed by atoms with Crippen LogP contribution in [-0.2, 0) is 23.6 Å². The SMILES string of the molecule is CC(C)c1ccccc1CNS(=O)(=O)c1ccc2c(c1)oc(=O)n2C. The van der Waals surface area contributed by atoms with Crippen molar-refractivity contribution in [3.63, 3.8) is 0 Å². The molecular weight excluding hydrogens is 340 g/mol. The van der Waals surface area contributed by atoms with Crippen LogP contribution in [0.3, 0.4) is 0 Å². The Morgan fingerprint density at radius 2 is 1.88 bits per heavy atom. The molecule has 6 nitrogen and oxygen atoms in total. The fourth-order valence-corrected chi connectivity index (χ4v) is 3.82. The lowest BCUT2D eigenvalue weighted by molar-refractivity contribution is 0.527. The zero-order chi connectivity index (χ0) is 18.2. The molecule has 3 aromatic rings. The van der Waals surface area contributed by atoms with E-state index in [4.69, 9.17) is 4.42 Å². The Kier molecular flexibility index (Phi) is 4.53. The summed E-state index contributed by atoms with van der Waals surface area (Å²) in [4.78, 5) is 11.6. The van der Waals surface area contributed by atoms with Crippen molar-refractivity contribution in [3.8, 4) is 0 Å². The third kappa shape index (κ3) is 3.38. The van der Waals surface area contributed by atoms with Gasteiger partial charge in [0.15, 0.2) is 5.58 Å². The van der Waals surface area contributed by atoms with Crippen molar-refractivity contribution in [1.82, 2.24) is 9.29 Å². The largest absolute Gasteiger partial charge is 0.419 e. The zero-order valence-electron chi connectivity index (χ0n) is 14.3. The second-order valence-electron chi connectivity index (χ2n) is 6.23. The van der Waals surface area contributed by atoms with Gasteiger partial charge in [-0.05, 0) is 29.2 Å². The van der Waals surface area contributed by atoms with Crippen LogP contribution in [0.4, 0.5) is 0 Å². The van der Waals surface area contributed by atoms with Crippen molar-refractivity contribution in [2.75, 3.05) is 0 Å². The minimum Gasteiger partial charge on any atom is -0.408 e. The summed E-state index contributed by atoms with van der Waals surface area (Å²) in [5.74, 6) is -0.223. The Bertz CT molecular complexity index is 1080. The van der Waals surface area contributed by atoms with Gasteiger partial charge in [-0.1, -0.05) is 38.1 Å². The summed E-state index contributed by atoms with van der Waals surface area (Å²) < 4.78 is 34.2. The van der Waals surface area contributed by atoms with Crippen LogP contribution in [0.1, 0.15) is 30.9 Å². The Balaban J connectivity index is 1.89. The van der Waals surface area contributed by atoms with Crippen LogP contribution >= 0.6 is 0 Å². The van der Waals surface area contributed by atoms with Gasteiger partial charge in [0.25, 0.3) is 0 Å². The average Bonchev–Trinajstić information content (AvgIpc) is 2.87. The Labute approximate surface area is 146 Å². The summed E-state index contributed by atoms with van der Waals surface area (Å²) in [5.41, 5.74) is 2.84. The molecule has 0 saturated carbocycles. The lowest BCUT2D eigenvalue weighted by atomic mass is 9.97. The number of aromatic nitrogens is 1. The number of benzene rings is 2. The number of fused-ring (bicyclic) bond motifs is 1. The maximum absolute atomic E-state index is 12.6. The minimum atomic E-state index is -3.72. The molecule has 25 heavy (non-hydrogen) atoms. The maximum atomic E-state index is 12.6. The highest BCUT2D eigenvalue weighted by atomic mass is 32.2. The number of hydrogen-bond acceptors (Lipinski definition) is 4. The number of rotatable bonds is 5. The first-order chi connectivity index (χ1) is 11.8. The van der Waals surface area contributed by atoms with Gasteiger partial charge in [-0.2, -0.15) is 0 Å². The van der Waals surface area contributed by atoms with E-state index in [1.807, 2.05) is 24.3 Å². The third-order valence-corrected chi connectivity index (χ3v) is 5.60. The van der Waals surface area contributed by atoms with E-state index in [0.29, 0.717) is 11.4 Å². The molecule has 0 fully saturated rings. The third-order valence-electron chi connectivity index (χ3n) is 4.20. The summed E-state index contributed by atoms with van der Waals surface area (Å²) in [6, 6.07) is 12.1. The van der Waals surface area contributed by atoms with Crippen LogP contribution in [-0.4, -0.2) is 13.0 Å². The number of oxazole rings is 1. The number of aryl methyl sites for hydroxylation is 1. The van der Waals surface area contributed by atoms with Crippen molar-refractivity contribution in [3.05, 3.63) is 64.1 Å². The molecule has 0 spiro atoms. The van der Waals surface area contributed by atoms with Gasteiger partial charge in [0, 0.05) is 19.7 Å². The van der Waals surface area contributed by atoms with Crippen LogP contribution in [0.15, 0.2) is 56.6 Å². The van der Waals surface area contributed by atoms with Crippen molar-refractivity contribution >= 4 is 21.1 Å². The fourth-order valence-electron chi connectivity index (χ4n) is 2.80. The monoisotopic (exact) mass is 360 g/mol. The molecule has 1 aromatic heterocycles. The van der Waals surface area contributed by atoms with E-state index < -0.39 is 15.8 Å². The summed E-state index contributed by atoms with van der Waals surface area (Å²) in [5, 5.41) is 0. The smallest absolute Gasteiger partial charge is 0.408 e. The number of hydrogen-bond donors (Lipinski definition) is 1. The van der Waals surface area contributed by atoms with Gasteiger partial charge in [0.1, 0.15) is 0 Å². The van der Waals surface area contributed by atoms with E-state index in [9.17, 15) is 13.2 Å². The molecule has 1 N–H and O–H groups in total. The molecule has 3 rings (SSSR count). The number of nitrogens with zero attached hydrogens (tertiary/aromatic N) is 1. The molecular formula is C18H20N2O4S. The Morgan fingerprint density at radius 3 is 2.60 bits per heavy atom. The topological polar surface area (TPSA) is 81.3 Å². The predicted molar refractivity (Wildman–Crippen MR) is 96.0 cm³/mol. The molecule has 1 heterocycles. The molecule has 0 saturated heterocycles. The number of nitrogens with one attached hydrogen (secondary N) is 1.